The van der Waals surface area contributed by atoms with Crippen molar-refractivity contribution in [2.24, 2.45) is 4.99 Å². The van der Waals surface area contributed by atoms with E-state index in [1.165, 1.54) is 19.0 Å². The lowest BCUT2D eigenvalue weighted by molar-refractivity contribution is -0.544. The van der Waals surface area contributed by atoms with Crippen LogP contribution in [0.1, 0.15) is 13.8 Å². The molecular formula is C14H24N5O4+. The van der Waals surface area contributed by atoms with Gasteiger partial charge in [0, 0.05) is 26.7 Å². The Morgan fingerprint density at radius 1 is 1.30 bits per heavy atom. The number of β-amino-alcohol motifs (C(OH)–C–C–N with tert-alkyl or cyclic N) is 1. The molecule has 0 spiro atoms. The lowest BCUT2D eigenvalue weighted by Gasteiger charge is -2.31. The topological polar surface area (TPSA) is 108 Å². The number of amidine groups is 2. The summed E-state index contributed by atoms with van der Waals surface area (Å²) in [6.07, 6.45) is -0.741. The number of nitrogens with zero attached hydrogens (tertiary/aromatic N) is 4. The maximum atomic E-state index is 12.4. The van der Waals surface area contributed by atoms with Crippen LogP contribution in [0, 0.1) is 0 Å². The van der Waals surface area contributed by atoms with Crippen LogP contribution in [0.5, 0.6) is 0 Å². The number of fused-ring (bicyclic) bond motifs is 1. The van der Waals surface area contributed by atoms with Crippen molar-refractivity contribution in [3.8, 4) is 0 Å². The van der Waals surface area contributed by atoms with Crippen LogP contribution < -0.4 is 5.32 Å². The molecule has 0 bridgehead atoms. The van der Waals surface area contributed by atoms with Gasteiger partial charge >= 0.3 is 11.9 Å². The molecule has 2 atom stereocenters. The zero-order chi connectivity index (χ0) is 17.3. The highest BCUT2D eigenvalue weighted by Gasteiger charge is 2.53. The second kappa shape index (κ2) is 6.73. The summed E-state index contributed by atoms with van der Waals surface area (Å²) in [6, 6.07) is -1.03. The van der Waals surface area contributed by atoms with Gasteiger partial charge in [-0.15, -0.1) is 0 Å². The van der Waals surface area contributed by atoms with Crippen molar-refractivity contribution >= 4 is 23.6 Å². The van der Waals surface area contributed by atoms with Crippen molar-refractivity contribution in [3.05, 3.63) is 0 Å². The summed E-state index contributed by atoms with van der Waals surface area (Å²) in [6.45, 7) is 4.05. The predicted molar refractivity (Wildman–Crippen MR) is 83.5 cm³/mol. The van der Waals surface area contributed by atoms with Gasteiger partial charge in [0.05, 0.1) is 0 Å². The van der Waals surface area contributed by atoms with E-state index in [1.807, 2.05) is 13.8 Å². The molecule has 2 heterocycles. The Hall–Kier alpha value is -1.84. The highest BCUT2D eigenvalue weighted by Crippen LogP contribution is 2.18. The lowest BCUT2D eigenvalue weighted by atomic mass is 10.1. The van der Waals surface area contributed by atoms with Gasteiger partial charge < -0.3 is 15.5 Å². The average Bonchev–Trinajstić information content (AvgIpc) is 2.87. The van der Waals surface area contributed by atoms with Gasteiger partial charge in [-0.25, -0.2) is 9.37 Å². The van der Waals surface area contributed by atoms with Crippen LogP contribution in [0.15, 0.2) is 4.99 Å². The fourth-order valence-corrected chi connectivity index (χ4v) is 2.65. The number of urea groups is 1. The smallest absolute Gasteiger partial charge is 0.333 e. The Morgan fingerprint density at radius 3 is 2.52 bits per heavy atom. The zero-order valence-corrected chi connectivity index (χ0v) is 13.9. The number of aliphatic imine (C=N–C) groups is 1. The van der Waals surface area contributed by atoms with E-state index in [-0.39, 0.29) is 30.9 Å². The van der Waals surface area contributed by atoms with E-state index >= 15 is 0 Å². The minimum Gasteiger partial charge on any atom is -0.388 e. The Balaban J connectivity index is 2.22. The third kappa shape index (κ3) is 3.26. The summed E-state index contributed by atoms with van der Waals surface area (Å²) in [5, 5.41) is 22.8. The molecule has 0 radical (unpaired) electrons. The van der Waals surface area contributed by atoms with E-state index in [1.54, 1.807) is 4.58 Å². The van der Waals surface area contributed by atoms with Crippen LogP contribution in [0.25, 0.3) is 0 Å². The molecule has 2 aliphatic heterocycles. The molecular weight excluding hydrogens is 302 g/mol. The van der Waals surface area contributed by atoms with E-state index < -0.39 is 24.1 Å². The van der Waals surface area contributed by atoms with Crippen LogP contribution in [0.3, 0.4) is 0 Å². The fraction of sp³-hybridized carbons (Fsp3) is 0.714. The second-order valence-electron chi connectivity index (χ2n) is 6.05. The van der Waals surface area contributed by atoms with Crippen LogP contribution >= 0.6 is 0 Å². The summed E-state index contributed by atoms with van der Waals surface area (Å²) >= 11 is 0. The maximum Gasteiger partial charge on any atom is 0.333 e. The summed E-state index contributed by atoms with van der Waals surface area (Å²) in [4.78, 5) is 31.0. The van der Waals surface area contributed by atoms with Crippen molar-refractivity contribution in [1.29, 1.82) is 0 Å². The van der Waals surface area contributed by atoms with Crippen molar-refractivity contribution in [1.82, 2.24) is 15.1 Å². The fourth-order valence-electron chi connectivity index (χ4n) is 2.65. The lowest BCUT2D eigenvalue weighted by Crippen LogP contribution is -2.62. The first-order chi connectivity index (χ1) is 10.8. The normalized spacial score (nSPS) is 22.9. The number of hydrogen-bond donors (Lipinski definition) is 3. The first kappa shape index (κ1) is 17.5. The number of amides is 3. The van der Waals surface area contributed by atoms with Crippen LogP contribution in [0.4, 0.5) is 4.79 Å². The van der Waals surface area contributed by atoms with E-state index in [4.69, 9.17) is 0 Å². The number of aliphatic hydroxyl groups is 2. The van der Waals surface area contributed by atoms with Crippen molar-refractivity contribution in [3.63, 3.8) is 0 Å². The molecule has 2 rings (SSSR count). The number of carbonyl (C=O) groups is 2. The van der Waals surface area contributed by atoms with Gasteiger partial charge in [-0.05, 0) is 4.99 Å². The van der Waals surface area contributed by atoms with Gasteiger partial charge in [0.2, 0.25) is 0 Å². The van der Waals surface area contributed by atoms with E-state index in [0.29, 0.717) is 6.54 Å². The summed E-state index contributed by atoms with van der Waals surface area (Å²) in [7, 11) is 2.94. The molecule has 0 aromatic carbocycles. The predicted octanol–water partition coefficient (Wildman–Crippen LogP) is -1.95. The highest BCUT2D eigenvalue weighted by molar-refractivity contribution is 6.22. The first-order valence-corrected chi connectivity index (χ1v) is 7.56. The molecule has 0 aromatic heterocycles. The van der Waals surface area contributed by atoms with Gasteiger partial charge in [0.15, 0.2) is 0 Å². The molecule has 2 aliphatic rings. The highest BCUT2D eigenvalue weighted by atomic mass is 16.3. The molecule has 1 fully saturated rings. The van der Waals surface area contributed by atoms with E-state index in [9.17, 15) is 19.8 Å². The Labute approximate surface area is 134 Å². The number of carbonyl (C=O) groups excluding carboxylic acids is 2. The first-order valence-electron chi connectivity index (χ1n) is 7.56. The molecule has 23 heavy (non-hydrogen) atoms. The van der Waals surface area contributed by atoms with Crippen molar-refractivity contribution < 1.29 is 24.4 Å². The second-order valence-corrected chi connectivity index (χ2v) is 6.05. The molecule has 2 unspecified atom stereocenters. The number of nitrogens with one attached hydrogen (secondary N) is 1. The Kier molecular flexibility index (Phi) is 5.12. The van der Waals surface area contributed by atoms with Crippen molar-refractivity contribution in [2.45, 2.75) is 32.0 Å². The molecule has 9 heteroatoms. The van der Waals surface area contributed by atoms with E-state index in [2.05, 4.69) is 10.3 Å². The van der Waals surface area contributed by atoms with E-state index in [0.717, 1.165) is 4.90 Å². The molecule has 3 amide bonds. The SMILES string of the molecule is CC(C)NCC(O)C[N+]1=C(CO)N=C2C1C(=O)N(C)C(=O)N2C. The number of hydrogen-bond acceptors (Lipinski definition) is 6. The van der Waals surface area contributed by atoms with Gasteiger partial charge in [-0.3, -0.25) is 14.6 Å². The standard InChI is InChI=1S/C14H24N5O4/c1-8(2)15-5-9(21)6-19-10(7-20)16-12-11(19)13(22)18(4)14(23)17(12)3/h8-9,11,15,20-21H,5-7H2,1-4H3/q+1. The Bertz CT molecular complexity index is 572. The molecule has 1 saturated heterocycles. The van der Waals surface area contributed by atoms with Gasteiger partial charge in [-0.2, -0.15) is 0 Å². The minimum absolute atomic E-state index is 0.134. The molecule has 0 saturated carbocycles. The average molecular weight is 326 g/mol. The summed E-state index contributed by atoms with van der Waals surface area (Å²) in [5.41, 5.74) is 0. The van der Waals surface area contributed by atoms with Gasteiger partial charge in [-0.1, -0.05) is 13.8 Å². The number of aliphatic hydroxyl groups excluding tert-OH is 2. The third-order valence-corrected chi connectivity index (χ3v) is 3.92. The van der Waals surface area contributed by atoms with Crippen LogP contribution in [-0.2, 0) is 4.79 Å². The molecule has 3 N–H and O–H groups in total. The molecule has 0 aliphatic carbocycles. The quantitative estimate of drug-likeness (QED) is 0.492. The Morgan fingerprint density at radius 2 is 1.96 bits per heavy atom. The monoisotopic (exact) mass is 326 g/mol. The third-order valence-electron chi connectivity index (χ3n) is 3.92. The maximum absolute atomic E-state index is 12.4. The van der Waals surface area contributed by atoms with Gasteiger partial charge in [0.1, 0.15) is 19.3 Å². The van der Waals surface area contributed by atoms with Gasteiger partial charge in [0.25, 0.3) is 17.8 Å². The molecule has 0 aromatic rings. The number of imide groups is 1. The number of rotatable bonds is 6. The summed E-state index contributed by atoms with van der Waals surface area (Å²) < 4.78 is 1.56. The minimum atomic E-state index is -0.793. The van der Waals surface area contributed by atoms with Crippen molar-refractivity contribution in [2.75, 3.05) is 33.8 Å². The zero-order valence-electron chi connectivity index (χ0n) is 13.9. The summed E-state index contributed by atoms with van der Waals surface area (Å²) in [5.74, 6) is 0.141. The molecule has 128 valence electrons. The van der Waals surface area contributed by atoms with Crippen LogP contribution in [0.2, 0.25) is 0 Å². The number of likely N-dealkylation sites (N-methyl/N-ethyl adjacent to an activating group) is 2. The largest absolute Gasteiger partial charge is 0.388 e. The van der Waals surface area contributed by atoms with Crippen LogP contribution in [-0.4, -0.2) is 100 Å². The molecule has 9 nitrogen and oxygen atoms in total.